The molecule has 0 saturated carbocycles. The lowest BCUT2D eigenvalue weighted by Gasteiger charge is -2.15. The maximum atomic E-state index is 9.89. The molecule has 0 saturated heterocycles. The van der Waals surface area contributed by atoms with Crippen LogP contribution >= 0.6 is 0 Å². The van der Waals surface area contributed by atoms with Crippen molar-refractivity contribution >= 4 is 5.69 Å². The Morgan fingerprint density at radius 2 is 1.90 bits per heavy atom. The van der Waals surface area contributed by atoms with Gasteiger partial charge in [0.2, 0.25) is 0 Å². The van der Waals surface area contributed by atoms with Gasteiger partial charge >= 0.3 is 0 Å². The van der Waals surface area contributed by atoms with E-state index >= 15 is 0 Å². The van der Waals surface area contributed by atoms with Crippen molar-refractivity contribution in [3.63, 3.8) is 0 Å². The Labute approximate surface area is 120 Å². The lowest BCUT2D eigenvalue weighted by Crippen LogP contribution is -2.03. The van der Waals surface area contributed by atoms with Gasteiger partial charge in [0.05, 0.1) is 7.11 Å². The number of hydrogen-bond acceptors (Lipinski definition) is 3. The van der Waals surface area contributed by atoms with Crippen molar-refractivity contribution in [2.75, 3.05) is 12.4 Å². The lowest BCUT2D eigenvalue weighted by molar-refractivity contribution is 0.411. The van der Waals surface area contributed by atoms with Gasteiger partial charge in [-0.05, 0) is 35.7 Å². The molecular weight excluding hydrogens is 250 g/mol. The molecule has 0 bridgehead atoms. The van der Waals surface area contributed by atoms with Crippen LogP contribution < -0.4 is 10.1 Å². The predicted octanol–water partition coefficient (Wildman–Crippen LogP) is 4.14. The smallest absolute Gasteiger partial charge is 0.120 e. The van der Waals surface area contributed by atoms with E-state index in [-0.39, 0.29) is 5.75 Å². The van der Waals surface area contributed by atoms with Gasteiger partial charge in [-0.3, -0.25) is 0 Å². The van der Waals surface area contributed by atoms with E-state index in [4.69, 9.17) is 4.74 Å². The molecule has 3 nitrogen and oxygen atoms in total. The molecular formula is C17H21NO2. The van der Waals surface area contributed by atoms with Gasteiger partial charge in [0.15, 0.2) is 0 Å². The van der Waals surface area contributed by atoms with Gasteiger partial charge in [-0.2, -0.15) is 0 Å². The van der Waals surface area contributed by atoms with Crippen molar-refractivity contribution < 1.29 is 9.84 Å². The first-order chi connectivity index (χ1) is 9.61. The molecule has 0 aliphatic heterocycles. The predicted molar refractivity (Wildman–Crippen MR) is 82.5 cm³/mol. The fourth-order valence-corrected chi connectivity index (χ4v) is 2.18. The van der Waals surface area contributed by atoms with E-state index in [1.54, 1.807) is 19.2 Å². The summed E-state index contributed by atoms with van der Waals surface area (Å²) in [5.41, 5.74) is 3.20. The highest BCUT2D eigenvalue weighted by Crippen LogP contribution is 2.27. The van der Waals surface area contributed by atoms with Crippen molar-refractivity contribution in [1.29, 1.82) is 0 Å². The molecule has 0 spiro atoms. The number of phenolic OH excluding ortho intramolecular Hbond substituents is 1. The third-order valence-corrected chi connectivity index (χ3v) is 3.34. The second kappa shape index (κ2) is 6.33. The highest BCUT2D eigenvalue weighted by molar-refractivity contribution is 5.53. The second-order valence-corrected chi connectivity index (χ2v) is 5.09. The monoisotopic (exact) mass is 271 g/mol. The summed E-state index contributed by atoms with van der Waals surface area (Å²) >= 11 is 0. The number of phenols is 1. The topological polar surface area (TPSA) is 41.5 Å². The van der Waals surface area contributed by atoms with Crippen LogP contribution in [0.1, 0.15) is 30.9 Å². The van der Waals surface area contributed by atoms with Crippen LogP contribution in [0.2, 0.25) is 0 Å². The van der Waals surface area contributed by atoms with Crippen molar-refractivity contribution in [1.82, 2.24) is 0 Å². The normalized spacial score (nSPS) is 10.6. The van der Waals surface area contributed by atoms with E-state index in [1.807, 2.05) is 18.2 Å². The Bertz CT molecular complexity index is 579. The molecule has 0 aromatic heterocycles. The summed E-state index contributed by atoms with van der Waals surface area (Å²) in [6.07, 6.45) is 0. The third-order valence-electron chi connectivity index (χ3n) is 3.34. The maximum Gasteiger partial charge on any atom is 0.120 e. The van der Waals surface area contributed by atoms with E-state index in [2.05, 4.69) is 31.3 Å². The summed E-state index contributed by atoms with van der Waals surface area (Å²) in [5, 5.41) is 13.3. The Morgan fingerprint density at radius 1 is 1.15 bits per heavy atom. The van der Waals surface area contributed by atoms with E-state index in [9.17, 15) is 5.11 Å². The Balaban J connectivity index is 2.17. The Hall–Kier alpha value is -2.16. The van der Waals surface area contributed by atoms with Crippen LogP contribution in [-0.2, 0) is 6.54 Å². The molecule has 0 radical (unpaired) electrons. The van der Waals surface area contributed by atoms with Crippen LogP contribution in [0.25, 0.3) is 0 Å². The fraction of sp³-hybridized carbons (Fsp3) is 0.294. The summed E-state index contributed by atoms with van der Waals surface area (Å²) < 4.78 is 5.18. The molecule has 0 aliphatic carbocycles. The molecule has 0 unspecified atom stereocenters. The molecule has 2 aromatic carbocycles. The van der Waals surface area contributed by atoms with Gasteiger partial charge in [-0.15, -0.1) is 0 Å². The second-order valence-electron chi connectivity index (χ2n) is 5.09. The van der Waals surface area contributed by atoms with Crippen molar-refractivity contribution in [3.8, 4) is 11.5 Å². The summed E-state index contributed by atoms with van der Waals surface area (Å²) in [7, 11) is 1.62. The Kier molecular flexibility index (Phi) is 4.51. The zero-order chi connectivity index (χ0) is 14.5. The van der Waals surface area contributed by atoms with Crippen LogP contribution in [0.4, 0.5) is 5.69 Å². The first-order valence-electron chi connectivity index (χ1n) is 6.80. The fourth-order valence-electron chi connectivity index (χ4n) is 2.18. The van der Waals surface area contributed by atoms with Crippen LogP contribution in [0.5, 0.6) is 11.5 Å². The number of rotatable bonds is 5. The van der Waals surface area contributed by atoms with Gasteiger partial charge in [-0.1, -0.05) is 32.0 Å². The van der Waals surface area contributed by atoms with E-state index in [0.29, 0.717) is 12.5 Å². The number of hydrogen-bond donors (Lipinski definition) is 2. The Morgan fingerprint density at radius 3 is 2.60 bits per heavy atom. The number of benzene rings is 2. The van der Waals surface area contributed by atoms with E-state index < -0.39 is 0 Å². The van der Waals surface area contributed by atoms with Crippen molar-refractivity contribution in [2.24, 2.45) is 0 Å². The minimum absolute atomic E-state index is 0.278. The minimum Gasteiger partial charge on any atom is -0.508 e. The maximum absolute atomic E-state index is 9.89. The van der Waals surface area contributed by atoms with E-state index in [1.165, 1.54) is 5.56 Å². The number of ether oxygens (including phenoxy) is 1. The molecule has 20 heavy (non-hydrogen) atoms. The minimum atomic E-state index is 0.278. The van der Waals surface area contributed by atoms with Gasteiger partial charge in [-0.25, -0.2) is 0 Å². The number of anilines is 1. The van der Waals surface area contributed by atoms with Crippen LogP contribution in [0.15, 0.2) is 42.5 Å². The largest absolute Gasteiger partial charge is 0.508 e. The van der Waals surface area contributed by atoms with Gasteiger partial charge < -0.3 is 15.2 Å². The van der Waals surface area contributed by atoms with Gasteiger partial charge in [0, 0.05) is 17.8 Å². The van der Waals surface area contributed by atoms with Gasteiger partial charge in [0.1, 0.15) is 11.5 Å². The molecule has 0 heterocycles. The summed E-state index contributed by atoms with van der Waals surface area (Å²) in [6.45, 7) is 4.90. The molecule has 3 heteroatoms. The van der Waals surface area contributed by atoms with Crippen LogP contribution in [-0.4, -0.2) is 12.2 Å². The molecule has 2 N–H and O–H groups in total. The molecule has 2 rings (SSSR count). The zero-order valence-electron chi connectivity index (χ0n) is 12.2. The lowest BCUT2D eigenvalue weighted by atomic mass is 10.0. The SMILES string of the molecule is COc1ccc(O)c(CNc2ccccc2C(C)C)c1. The van der Waals surface area contributed by atoms with Crippen molar-refractivity contribution in [3.05, 3.63) is 53.6 Å². The molecule has 2 aromatic rings. The zero-order valence-corrected chi connectivity index (χ0v) is 12.2. The third kappa shape index (κ3) is 3.23. The highest BCUT2D eigenvalue weighted by Gasteiger charge is 2.07. The number of aromatic hydroxyl groups is 1. The molecule has 0 amide bonds. The molecule has 106 valence electrons. The molecule has 0 aliphatic rings. The molecule has 0 fully saturated rings. The van der Waals surface area contributed by atoms with Gasteiger partial charge in [0.25, 0.3) is 0 Å². The van der Waals surface area contributed by atoms with Crippen molar-refractivity contribution in [2.45, 2.75) is 26.3 Å². The van der Waals surface area contributed by atoms with Crippen LogP contribution in [0.3, 0.4) is 0 Å². The first-order valence-corrected chi connectivity index (χ1v) is 6.80. The number of para-hydroxylation sites is 1. The molecule has 0 atom stereocenters. The quantitative estimate of drug-likeness (QED) is 0.859. The summed E-state index contributed by atoms with van der Waals surface area (Å²) in [4.78, 5) is 0. The highest BCUT2D eigenvalue weighted by atomic mass is 16.5. The average Bonchev–Trinajstić information content (AvgIpc) is 2.46. The first kappa shape index (κ1) is 14.3. The van der Waals surface area contributed by atoms with Crippen LogP contribution in [0, 0.1) is 0 Å². The average molecular weight is 271 g/mol. The number of methoxy groups -OCH3 is 1. The standard InChI is InChI=1S/C17H21NO2/c1-12(2)15-6-4-5-7-16(15)18-11-13-10-14(20-3)8-9-17(13)19/h4-10,12,18-19H,11H2,1-3H3. The summed E-state index contributed by atoms with van der Waals surface area (Å²) in [6, 6.07) is 13.5. The van der Waals surface area contributed by atoms with E-state index in [0.717, 1.165) is 17.0 Å². The number of nitrogens with one attached hydrogen (secondary N) is 1. The summed E-state index contributed by atoms with van der Waals surface area (Å²) in [5.74, 6) is 1.48.